The minimum atomic E-state index is -0.597. The van der Waals surface area contributed by atoms with E-state index in [1.807, 2.05) is 43.3 Å². The lowest BCUT2D eigenvalue weighted by Crippen LogP contribution is -2.20. The van der Waals surface area contributed by atoms with E-state index in [1.165, 1.54) is 6.08 Å². The van der Waals surface area contributed by atoms with Crippen molar-refractivity contribution in [3.63, 3.8) is 0 Å². The Morgan fingerprint density at radius 1 is 1.20 bits per heavy atom. The molecule has 0 bridgehead atoms. The maximum Gasteiger partial charge on any atom is 0.331 e. The smallest absolute Gasteiger partial charge is 0.331 e. The van der Waals surface area contributed by atoms with E-state index in [4.69, 9.17) is 9.47 Å². The van der Waals surface area contributed by atoms with Gasteiger partial charge in [-0.1, -0.05) is 18.2 Å². The van der Waals surface area contributed by atoms with Crippen LogP contribution < -0.4 is 10.1 Å². The van der Waals surface area contributed by atoms with Crippen molar-refractivity contribution in [1.82, 2.24) is 0 Å². The van der Waals surface area contributed by atoms with Crippen molar-refractivity contribution < 1.29 is 19.1 Å². The molecule has 0 spiro atoms. The van der Waals surface area contributed by atoms with E-state index < -0.39 is 5.97 Å². The molecule has 2 aromatic rings. The van der Waals surface area contributed by atoms with E-state index in [-0.39, 0.29) is 12.5 Å². The Balaban J connectivity index is 1.87. The van der Waals surface area contributed by atoms with Crippen LogP contribution in [0, 0.1) is 10.5 Å². The summed E-state index contributed by atoms with van der Waals surface area (Å²) in [6.07, 6.45) is 2.85. The monoisotopic (exact) mass is 451 g/mol. The number of rotatable bonds is 6. The van der Waals surface area contributed by atoms with Gasteiger partial charge in [-0.15, -0.1) is 0 Å². The van der Waals surface area contributed by atoms with Gasteiger partial charge in [0.1, 0.15) is 5.75 Å². The van der Waals surface area contributed by atoms with Gasteiger partial charge in [0.2, 0.25) is 0 Å². The predicted molar refractivity (Wildman–Crippen MR) is 106 cm³/mol. The summed E-state index contributed by atoms with van der Waals surface area (Å²) in [4.78, 5) is 23.6. The summed E-state index contributed by atoms with van der Waals surface area (Å²) in [5, 5.41) is 2.72. The lowest BCUT2D eigenvalue weighted by molar-refractivity contribution is -0.142. The molecule has 130 valence electrons. The molecule has 0 heterocycles. The van der Waals surface area contributed by atoms with E-state index in [2.05, 4.69) is 27.9 Å². The highest BCUT2D eigenvalue weighted by molar-refractivity contribution is 14.1. The maximum absolute atomic E-state index is 11.9. The van der Waals surface area contributed by atoms with E-state index in [9.17, 15) is 9.59 Å². The molecule has 0 aliphatic rings. The number of hydrogen-bond acceptors (Lipinski definition) is 4. The zero-order valence-corrected chi connectivity index (χ0v) is 16.1. The van der Waals surface area contributed by atoms with Crippen LogP contribution in [-0.4, -0.2) is 25.6 Å². The molecular formula is C19H18INO4. The largest absolute Gasteiger partial charge is 0.496 e. The van der Waals surface area contributed by atoms with Crippen LogP contribution in [0.4, 0.5) is 5.69 Å². The van der Waals surface area contributed by atoms with Gasteiger partial charge in [-0.05, 0) is 65.4 Å². The average Bonchev–Trinajstić information content (AvgIpc) is 2.60. The van der Waals surface area contributed by atoms with Crippen molar-refractivity contribution in [1.29, 1.82) is 0 Å². The SMILES string of the molecule is COc1ccccc1/C=C/C(=O)OCC(=O)Nc1ccc(I)cc1C. The molecule has 1 amide bonds. The third-order valence-electron chi connectivity index (χ3n) is 3.35. The molecule has 0 atom stereocenters. The van der Waals surface area contributed by atoms with Gasteiger partial charge in [0.25, 0.3) is 5.91 Å². The zero-order valence-electron chi connectivity index (χ0n) is 13.9. The Hall–Kier alpha value is -2.35. The second-order valence-electron chi connectivity index (χ2n) is 5.19. The second-order valence-corrected chi connectivity index (χ2v) is 6.44. The lowest BCUT2D eigenvalue weighted by Gasteiger charge is -2.08. The fourth-order valence-corrected chi connectivity index (χ4v) is 2.75. The van der Waals surface area contributed by atoms with Crippen molar-refractivity contribution in [2.24, 2.45) is 0 Å². The van der Waals surface area contributed by atoms with Crippen molar-refractivity contribution in [3.8, 4) is 5.75 Å². The maximum atomic E-state index is 11.9. The van der Waals surface area contributed by atoms with Gasteiger partial charge < -0.3 is 14.8 Å². The van der Waals surface area contributed by atoms with Crippen molar-refractivity contribution >= 4 is 46.2 Å². The van der Waals surface area contributed by atoms with Crippen LogP contribution in [0.1, 0.15) is 11.1 Å². The van der Waals surface area contributed by atoms with Gasteiger partial charge in [-0.3, -0.25) is 4.79 Å². The predicted octanol–water partition coefficient (Wildman–Crippen LogP) is 3.80. The summed E-state index contributed by atoms with van der Waals surface area (Å²) in [6.45, 7) is 1.56. The molecule has 1 N–H and O–H groups in total. The minimum absolute atomic E-state index is 0.347. The van der Waals surface area contributed by atoms with Crippen molar-refractivity contribution in [3.05, 3.63) is 63.2 Å². The third kappa shape index (κ3) is 5.90. The number of benzene rings is 2. The number of esters is 1. The number of aryl methyl sites for hydroxylation is 1. The summed E-state index contributed by atoms with van der Waals surface area (Å²) in [5.74, 6) is -0.331. The van der Waals surface area contributed by atoms with E-state index in [0.717, 1.165) is 14.7 Å². The Morgan fingerprint density at radius 3 is 2.68 bits per heavy atom. The molecule has 6 heteroatoms. The van der Waals surface area contributed by atoms with Crippen LogP contribution in [0.3, 0.4) is 0 Å². The number of ether oxygens (including phenoxy) is 2. The molecule has 2 rings (SSSR count). The number of para-hydroxylation sites is 1. The van der Waals surface area contributed by atoms with Crippen LogP contribution in [0.2, 0.25) is 0 Å². The molecule has 0 radical (unpaired) electrons. The Kier molecular flexibility index (Phi) is 7.00. The zero-order chi connectivity index (χ0) is 18.2. The van der Waals surface area contributed by atoms with Crippen LogP contribution in [0.25, 0.3) is 6.08 Å². The molecule has 0 aliphatic carbocycles. The molecule has 5 nitrogen and oxygen atoms in total. The molecule has 0 aromatic heterocycles. The normalized spacial score (nSPS) is 10.5. The number of methoxy groups -OCH3 is 1. The first kappa shape index (κ1) is 19.0. The number of nitrogens with one attached hydrogen (secondary N) is 1. The summed E-state index contributed by atoms with van der Waals surface area (Å²) in [7, 11) is 1.56. The van der Waals surface area contributed by atoms with Gasteiger partial charge in [0.05, 0.1) is 7.11 Å². The van der Waals surface area contributed by atoms with Gasteiger partial charge in [0.15, 0.2) is 6.61 Å². The molecule has 0 aliphatic heterocycles. The van der Waals surface area contributed by atoms with Crippen LogP contribution in [0.15, 0.2) is 48.5 Å². The Bertz CT molecular complexity index is 802. The van der Waals surface area contributed by atoms with E-state index in [0.29, 0.717) is 11.4 Å². The number of carbonyl (C=O) groups is 2. The third-order valence-corrected chi connectivity index (χ3v) is 4.02. The molecule has 0 saturated carbocycles. The van der Waals surface area contributed by atoms with Gasteiger partial charge in [-0.25, -0.2) is 4.79 Å². The fourth-order valence-electron chi connectivity index (χ4n) is 2.10. The standard InChI is InChI=1S/C19H18INO4/c1-13-11-15(20)8-9-16(13)21-18(22)12-25-19(23)10-7-14-5-3-4-6-17(14)24-2/h3-11H,12H2,1-2H3,(H,21,22)/b10-7+. The molecule has 0 saturated heterocycles. The topological polar surface area (TPSA) is 64.6 Å². The molecule has 25 heavy (non-hydrogen) atoms. The van der Waals surface area contributed by atoms with Crippen LogP contribution in [-0.2, 0) is 14.3 Å². The molecule has 2 aromatic carbocycles. The highest BCUT2D eigenvalue weighted by Crippen LogP contribution is 2.19. The summed E-state index contributed by atoms with van der Waals surface area (Å²) >= 11 is 2.20. The first-order chi connectivity index (χ1) is 12.0. The van der Waals surface area contributed by atoms with Crippen molar-refractivity contribution in [2.45, 2.75) is 6.92 Å². The molecule has 0 unspecified atom stereocenters. The Labute approximate surface area is 160 Å². The fraction of sp³-hybridized carbons (Fsp3) is 0.158. The highest BCUT2D eigenvalue weighted by atomic mass is 127. The van der Waals surface area contributed by atoms with Gasteiger partial charge >= 0.3 is 5.97 Å². The first-order valence-corrected chi connectivity index (χ1v) is 8.61. The lowest BCUT2D eigenvalue weighted by atomic mass is 10.2. The van der Waals surface area contributed by atoms with E-state index in [1.54, 1.807) is 19.3 Å². The average molecular weight is 451 g/mol. The number of amides is 1. The van der Waals surface area contributed by atoms with Crippen LogP contribution in [0.5, 0.6) is 5.75 Å². The van der Waals surface area contributed by atoms with Crippen molar-refractivity contribution in [2.75, 3.05) is 19.0 Å². The summed E-state index contributed by atoms with van der Waals surface area (Å²) in [5.41, 5.74) is 2.40. The molecular weight excluding hydrogens is 433 g/mol. The van der Waals surface area contributed by atoms with Gasteiger partial charge in [-0.2, -0.15) is 0 Å². The highest BCUT2D eigenvalue weighted by Gasteiger charge is 2.08. The number of anilines is 1. The van der Waals surface area contributed by atoms with Crippen LogP contribution >= 0.6 is 22.6 Å². The number of carbonyl (C=O) groups excluding carboxylic acids is 2. The minimum Gasteiger partial charge on any atom is -0.496 e. The Morgan fingerprint density at radius 2 is 1.96 bits per heavy atom. The number of halogens is 1. The number of hydrogen-bond donors (Lipinski definition) is 1. The van der Waals surface area contributed by atoms with Gasteiger partial charge in [0, 0.05) is 20.9 Å². The first-order valence-electron chi connectivity index (χ1n) is 7.53. The summed E-state index contributed by atoms with van der Waals surface area (Å²) in [6, 6.07) is 13.0. The second kappa shape index (κ2) is 9.22. The summed E-state index contributed by atoms with van der Waals surface area (Å²) < 4.78 is 11.2. The molecule has 0 fully saturated rings. The van der Waals surface area contributed by atoms with E-state index >= 15 is 0 Å². The quantitative estimate of drug-likeness (QED) is 0.412.